The van der Waals surface area contributed by atoms with Gasteiger partial charge in [-0.1, -0.05) is 0 Å². The van der Waals surface area contributed by atoms with Crippen LogP contribution in [0.25, 0.3) is 0 Å². The molecule has 156 valence electrons. The van der Waals surface area contributed by atoms with E-state index in [1.165, 1.54) is 6.20 Å². The zero-order valence-electron chi connectivity index (χ0n) is 15.7. The van der Waals surface area contributed by atoms with Crippen LogP contribution in [0.1, 0.15) is 10.4 Å². The van der Waals surface area contributed by atoms with E-state index in [4.69, 9.17) is 10.5 Å². The molecule has 2 aromatic rings. The van der Waals surface area contributed by atoms with Crippen molar-refractivity contribution in [2.24, 2.45) is 5.73 Å². The van der Waals surface area contributed by atoms with Gasteiger partial charge in [0.1, 0.15) is 34.1 Å². The Morgan fingerprint density at radius 1 is 1.45 bits per heavy atom. The van der Waals surface area contributed by atoms with Crippen LogP contribution in [0.5, 0.6) is 5.75 Å². The third-order valence-electron chi connectivity index (χ3n) is 4.01. The first-order valence-corrected chi connectivity index (χ1v) is 10.8. The van der Waals surface area contributed by atoms with Gasteiger partial charge in [-0.2, -0.15) is 4.98 Å². The molecular weight excluding hydrogens is 400 g/mol. The van der Waals surface area contributed by atoms with E-state index in [9.17, 15) is 18.3 Å². The molecule has 1 aliphatic rings. The number of nitrogens with zero attached hydrogens (tertiary/aromatic N) is 2. The van der Waals surface area contributed by atoms with Gasteiger partial charge in [-0.05, 0) is 18.2 Å². The number of aliphatic hydroxyl groups excluding tert-OH is 1. The van der Waals surface area contributed by atoms with Crippen LogP contribution < -0.4 is 26.4 Å². The lowest BCUT2D eigenvalue weighted by atomic mass is 10.2. The summed E-state index contributed by atoms with van der Waals surface area (Å²) in [5.41, 5.74) is 6.73. The molecule has 1 atom stereocenters. The van der Waals surface area contributed by atoms with Crippen molar-refractivity contribution in [2.45, 2.75) is 6.10 Å². The highest BCUT2D eigenvalue weighted by Gasteiger charge is 2.16. The van der Waals surface area contributed by atoms with Crippen molar-refractivity contribution >= 4 is 38.9 Å². The monoisotopic (exact) mass is 422 g/mol. The second-order valence-electron chi connectivity index (χ2n) is 6.56. The lowest BCUT2D eigenvalue weighted by Crippen LogP contribution is -2.23. The lowest BCUT2D eigenvalue weighted by Gasteiger charge is -2.13. The zero-order valence-corrected chi connectivity index (χ0v) is 16.5. The quantitative estimate of drug-likeness (QED) is 0.407. The molecule has 1 amide bonds. The summed E-state index contributed by atoms with van der Waals surface area (Å²) in [6.45, 7) is 0.625. The van der Waals surface area contributed by atoms with E-state index >= 15 is 0 Å². The molecule has 0 spiro atoms. The van der Waals surface area contributed by atoms with Crippen LogP contribution in [-0.2, 0) is 9.84 Å². The van der Waals surface area contributed by atoms with Crippen LogP contribution in [0.2, 0.25) is 0 Å². The molecule has 6 N–H and O–H groups in total. The molecule has 2 heterocycles. The Morgan fingerprint density at radius 3 is 2.97 bits per heavy atom. The Hall–Kier alpha value is -3.12. The SMILES string of the molecule is CS(=O)(=O)CCNc1nc(Nc2ccc3c(c2)NC[C@H](O)CO3)ncc1C(N)=O. The number of ether oxygens (including phenoxy) is 1. The standard InChI is InChI=1S/C17H22N6O5S/c1-29(26,27)5-4-19-16-12(15(18)25)8-21-17(23-16)22-10-2-3-14-13(6-10)20-7-11(24)9-28-14/h2-3,6,8,11,20,24H,4-5,7,9H2,1H3,(H2,18,25)(H2,19,21,22,23)/t11-/m0/s1. The third-order valence-corrected chi connectivity index (χ3v) is 4.96. The van der Waals surface area contributed by atoms with E-state index in [0.717, 1.165) is 6.26 Å². The molecule has 3 rings (SSSR count). The number of nitrogens with one attached hydrogen (secondary N) is 3. The van der Waals surface area contributed by atoms with Gasteiger partial charge in [0.2, 0.25) is 5.95 Å². The lowest BCUT2D eigenvalue weighted by molar-refractivity contribution is 0.100. The summed E-state index contributed by atoms with van der Waals surface area (Å²) in [5, 5.41) is 18.6. The molecule has 1 aromatic carbocycles. The maximum absolute atomic E-state index is 11.6. The van der Waals surface area contributed by atoms with Gasteiger partial charge in [-0.25, -0.2) is 13.4 Å². The first-order chi connectivity index (χ1) is 13.7. The number of carbonyl (C=O) groups is 1. The molecule has 0 saturated carbocycles. The number of aromatic nitrogens is 2. The maximum atomic E-state index is 11.6. The summed E-state index contributed by atoms with van der Waals surface area (Å²) in [4.78, 5) is 19.9. The number of aliphatic hydroxyl groups is 1. The van der Waals surface area contributed by atoms with E-state index in [2.05, 4.69) is 25.9 Å². The minimum absolute atomic E-state index is 0.0510. The average molecular weight is 422 g/mol. The van der Waals surface area contributed by atoms with E-state index in [1.54, 1.807) is 18.2 Å². The highest BCUT2D eigenvalue weighted by molar-refractivity contribution is 7.90. The number of β-amino-alcohol motifs (C(OH)–C–C–N with tert-alkyl or cyclic N) is 1. The molecule has 0 radical (unpaired) electrons. The smallest absolute Gasteiger partial charge is 0.254 e. The molecule has 0 bridgehead atoms. The minimum Gasteiger partial charge on any atom is -0.489 e. The number of anilines is 4. The fourth-order valence-electron chi connectivity index (χ4n) is 2.59. The Bertz CT molecular complexity index is 1010. The summed E-state index contributed by atoms with van der Waals surface area (Å²) in [5.74, 6) is 0.0771. The minimum atomic E-state index is -3.18. The number of hydrogen-bond donors (Lipinski definition) is 5. The van der Waals surface area contributed by atoms with Crippen molar-refractivity contribution in [3.05, 3.63) is 30.0 Å². The van der Waals surface area contributed by atoms with Crippen molar-refractivity contribution in [1.29, 1.82) is 0 Å². The highest BCUT2D eigenvalue weighted by atomic mass is 32.2. The summed E-state index contributed by atoms with van der Waals surface area (Å²) in [7, 11) is -3.18. The summed E-state index contributed by atoms with van der Waals surface area (Å²) in [6.07, 6.45) is 1.77. The van der Waals surface area contributed by atoms with Gasteiger partial charge in [-0.15, -0.1) is 0 Å². The summed E-state index contributed by atoms with van der Waals surface area (Å²) < 4.78 is 28.1. The molecule has 29 heavy (non-hydrogen) atoms. The Balaban J connectivity index is 1.79. The Labute approximate surface area is 167 Å². The Kier molecular flexibility index (Phi) is 6.03. The van der Waals surface area contributed by atoms with Gasteiger partial charge in [0.05, 0.1) is 17.0 Å². The fraction of sp³-hybridized carbons (Fsp3) is 0.353. The van der Waals surface area contributed by atoms with Crippen molar-refractivity contribution < 1.29 is 23.1 Å². The van der Waals surface area contributed by atoms with Crippen molar-refractivity contribution in [3.8, 4) is 5.75 Å². The number of primary amides is 1. The Morgan fingerprint density at radius 2 is 2.24 bits per heavy atom. The molecule has 12 heteroatoms. The predicted octanol–water partition coefficient (Wildman–Crippen LogP) is -0.0592. The summed E-state index contributed by atoms with van der Waals surface area (Å²) >= 11 is 0. The molecule has 0 unspecified atom stereocenters. The van der Waals surface area contributed by atoms with Crippen molar-refractivity contribution in [1.82, 2.24) is 9.97 Å². The number of carbonyl (C=O) groups excluding carboxylic acids is 1. The van der Waals surface area contributed by atoms with Gasteiger partial charge in [0.25, 0.3) is 5.91 Å². The third kappa shape index (κ3) is 5.68. The number of amides is 1. The van der Waals surface area contributed by atoms with Crippen molar-refractivity contribution in [3.63, 3.8) is 0 Å². The zero-order chi connectivity index (χ0) is 21.0. The maximum Gasteiger partial charge on any atom is 0.254 e. The largest absolute Gasteiger partial charge is 0.489 e. The van der Waals surface area contributed by atoms with Crippen LogP contribution in [0.4, 0.5) is 23.1 Å². The average Bonchev–Trinajstić information content (AvgIpc) is 2.82. The van der Waals surface area contributed by atoms with E-state index in [1.807, 2.05) is 0 Å². The van der Waals surface area contributed by atoms with E-state index < -0.39 is 21.8 Å². The van der Waals surface area contributed by atoms with Crippen LogP contribution in [0, 0.1) is 0 Å². The van der Waals surface area contributed by atoms with E-state index in [-0.39, 0.29) is 36.2 Å². The van der Waals surface area contributed by atoms with Gasteiger partial charge in [0.15, 0.2) is 0 Å². The van der Waals surface area contributed by atoms with Crippen LogP contribution in [-0.4, -0.2) is 67.2 Å². The van der Waals surface area contributed by atoms with Crippen LogP contribution in [0.3, 0.4) is 0 Å². The van der Waals surface area contributed by atoms with Gasteiger partial charge in [0, 0.05) is 31.2 Å². The van der Waals surface area contributed by atoms with Gasteiger partial charge >= 0.3 is 0 Å². The number of fused-ring (bicyclic) bond motifs is 1. The molecular formula is C17H22N6O5S. The number of sulfone groups is 1. The molecule has 1 aliphatic heterocycles. The molecule has 0 saturated heterocycles. The van der Waals surface area contributed by atoms with Crippen molar-refractivity contribution in [2.75, 3.05) is 47.7 Å². The molecule has 0 fully saturated rings. The number of nitrogens with two attached hydrogens (primary N) is 1. The topological polar surface area (TPSA) is 169 Å². The second-order valence-corrected chi connectivity index (χ2v) is 8.82. The molecule has 1 aromatic heterocycles. The second kappa shape index (κ2) is 8.49. The van der Waals surface area contributed by atoms with E-state index in [0.29, 0.717) is 23.7 Å². The number of hydrogen-bond acceptors (Lipinski definition) is 10. The van der Waals surface area contributed by atoms with Gasteiger partial charge in [-0.3, -0.25) is 4.79 Å². The van der Waals surface area contributed by atoms with Crippen LogP contribution in [0.15, 0.2) is 24.4 Å². The first-order valence-electron chi connectivity index (χ1n) is 8.75. The summed E-state index contributed by atoms with van der Waals surface area (Å²) in [6, 6.07) is 5.27. The number of benzene rings is 1. The molecule has 11 nitrogen and oxygen atoms in total. The predicted molar refractivity (Wildman–Crippen MR) is 108 cm³/mol. The highest BCUT2D eigenvalue weighted by Crippen LogP contribution is 2.30. The first kappa shape index (κ1) is 20.6. The number of rotatable bonds is 7. The molecule has 0 aliphatic carbocycles. The fourth-order valence-corrected chi connectivity index (χ4v) is 3.06. The van der Waals surface area contributed by atoms with Crippen LogP contribution >= 0.6 is 0 Å². The normalized spacial score (nSPS) is 16.0. The van der Waals surface area contributed by atoms with Gasteiger partial charge < -0.3 is 31.5 Å².